The van der Waals surface area contributed by atoms with Crippen LogP contribution in [0.1, 0.15) is 22.3 Å². The molecule has 2 aromatic carbocycles. The average Bonchev–Trinajstić information content (AvgIpc) is 2.81. The minimum Gasteiger partial charge on any atom is -0.478 e. The lowest BCUT2D eigenvalue weighted by Gasteiger charge is -2.23. The molecule has 0 aromatic heterocycles. The van der Waals surface area contributed by atoms with Gasteiger partial charge < -0.3 is 10.0 Å². The van der Waals surface area contributed by atoms with Gasteiger partial charge in [0.05, 0.1) is 5.56 Å². The highest BCUT2D eigenvalue weighted by molar-refractivity contribution is 5.87. The molecule has 0 spiro atoms. The minimum atomic E-state index is -0.863. The fourth-order valence-electron chi connectivity index (χ4n) is 3.09. The van der Waals surface area contributed by atoms with Crippen LogP contribution in [0.15, 0.2) is 54.6 Å². The summed E-state index contributed by atoms with van der Waals surface area (Å²) in [6.45, 7) is 4.91. The normalized spacial score (nSPS) is 16.1. The number of carboxylic acid groups (broad SMARTS) is 1. The second-order valence-electron chi connectivity index (χ2n) is 5.96. The van der Waals surface area contributed by atoms with E-state index in [0.29, 0.717) is 5.56 Å². The van der Waals surface area contributed by atoms with E-state index in [4.69, 9.17) is 5.11 Å². The number of hydrogen-bond acceptors (Lipinski definition) is 3. The molecule has 1 fully saturated rings. The van der Waals surface area contributed by atoms with Gasteiger partial charge >= 0.3 is 5.97 Å². The van der Waals surface area contributed by atoms with Crippen LogP contribution in [0.3, 0.4) is 0 Å². The molecule has 0 bridgehead atoms. The maximum atomic E-state index is 11.1. The Balaban J connectivity index is 1.62. The van der Waals surface area contributed by atoms with Crippen molar-refractivity contribution < 1.29 is 9.90 Å². The predicted octanol–water partition coefficient (Wildman–Crippen LogP) is 3.10. The molecule has 1 N–H and O–H groups in total. The van der Waals surface area contributed by atoms with Gasteiger partial charge in [0.15, 0.2) is 0 Å². The Labute approximate surface area is 137 Å². The summed E-state index contributed by atoms with van der Waals surface area (Å²) < 4.78 is 0. The Bertz CT molecular complexity index is 657. The SMILES string of the molecule is O=C(O)c1cccc(CN2CCCN(c3ccccc3)CC2)c1. The fraction of sp³-hybridized carbons (Fsp3) is 0.316. The molecule has 0 radical (unpaired) electrons. The number of benzene rings is 2. The summed E-state index contributed by atoms with van der Waals surface area (Å²) in [7, 11) is 0. The van der Waals surface area contributed by atoms with Gasteiger partial charge in [0.25, 0.3) is 0 Å². The van der Waals surface area contributed by atoms with Crippen molar-refractivity contribution in [3.05, 3.63) is 65.7 Å². The van der Waals surface area contributed by atoms with E-state index in [-0.39, 0.29) is 0 Å². The number of carboxylic acids is 1. The molecule has 120 valence electrons. The van der Waals surface area contributed by atoms with Gasteiger partial charge in [-0.1, -0.05) is 30.3 Å². The highest BCUT2D eigenvalue weighted by Gasteiger charge is 2.15. The van der Waals surface area contributed by atoms with Gasteiger partial charge in [0.1, 0.15) is 0 Å². The van der Waals surface area contributed by atoms with Crippen LogP contribution in [-0.4, -0.2) is 42.2 Å². The van der Waals surface area contributed by atoms with Crippen LogP contribution in [0.2, 0.25) is 0 Å². The second kappa shape index (κ2) is 7.29. The van der Waals surface area contributed by atoms with Gasteiger partial charge in [-0.25, -0.2) is 4.79 Å². The highest BCUT2D eigenvalue weighted by atomic mass is 16.4. The molecule has 1 aliphatic heterocycles. The number of aromatic carboxylic acids is 1. The van der Waals surface area contributed by atoms with E-state index >= 15 is 0 Å². The molecular formula is C19H22N2O2. The number of anilines is 1. The molecular weight excluding hydrogens is 288 g/mol. The molecule has 2 aromatic rings. The lowest BCUT2D eigenvalue weighted by Crippen LogP contribution is -2.30. The molecule has 0 aliphatic carbocycles. The number of rotatable bonds is 4. The van der Waals surface area contributed by atoms with Gasteiger partial charge in [-0.05, 0) is 36.2 Å². The molecule has 0 amide bonds. The first-order valence-electron chi connectivity index (χ1n) is 8.07. The zero-order valence-corrected chi connectivity index (χ0v) is 13.2. The van der Waals surface area contributed by atoms with Crippen LogP contribution in [0, 0.1) is 0 Å². The second-order valence-corrected chi connectivity index (χ2v) is 5.96. The molecule has 1 heterocycles. The van der Waals surface area contributed by atoms with Gasteiger partial charge in [-0.2, -0.15) is 0 Å². The fourth-order valence-corrected chi connectivity index (χ4v) is 3.09. The van der Waals surface area contributed by atoms with Crippen LogP contribution in [0.4, 0.5) is 5.69 Å². The maximum absolute atomic E-state index is 11.1. The van der Waals surface area contributed by atoms with Crippen LogP contribution in [0.25, 0.3) is 0 Å². The van der Waals surface area contributed by atoms with E-state index in [2.05, 4.69) is 34.1 Å². The van der Waals surface area contributed by atoms with Crippen LogP contribution >= 0.6 is 0 Å². The molecule has 0 atom stereocenters. The predicted molar refractivity (Wildman–Crippen MR) is 92.0 cm³/mol. The number of para-hydroxylation sites is 1. The Morgan fingerprint density at radius 3 is 2.57 bits per heavy atom. The van der Waals surface area contributed by atoms with Gasteiger partial charge in [-0.15, -0.1) is 0 Å². The van der Waals surface area contributed by atoms with E-state index < -0.39 is 5.97 Å². The van der Waals surface area contributed by atoms with E-state index in [1.54, 1.807) is 12.1 Å². The van der Waals surface area contributed by atoms with Crippen molar-refractivity contribution in [2.45, 2.75) is 13.0 Å². The zero-order chi connectivity index (χ0) is 16.1. The molecule has 3 rings (SSSR count). The van der Waals surface area contributed by atoms with Gasteiger partial charge in [0.2, 0.25) is 0 Å². The monoisotopic (exact) mass is 310 g/mol. The average molecular weight is 310 g/mol. The third-order valence-corrected chi connectivity index (χ3v) is 4.29. The summed E-state index contributed by atoms with van der Waals surface area (Å²) in [5.74, 6) is -0.863. The van der Waals surface area contributed by atoms with Crippen molar-refractivity contribution in [2.75, 3.05) is 31.1 Å². The summed E-state index contributed by atoms with van der Waals surface area (Å²) >= 11 is 0. The Morgan fingerprint density at radius 2 is 1.78 bits per heavy atom. The van der Waals surface area contributed by atoms with Crippen molar-refractivity contribution in [1.82, 2.24) is 4.90 Å². The number of carbonyl (C=O) groups is 1. The van der Waals surface area contributed by atoms with E-state index in [1.165, 1.54) is 5.69 Å². The Morgan fingerprint density at radius 1 is 0.957 bits per heavy atom. The third kappa shape index (κ3) is 4.11. The largest absolute Gasteiger partial charge is 0.478 e. The standard InChI is InChI=1S/C19H22N2O2/c22-19(23)17-7-4-6-16(14-17)15-20-10-5-11-21(13-12-20)18-8-2-1-3-9-18/h1-4,6-9,14H,5,10-13,15H2,(H,22,23). The summed E-state index contributed by atoms with van der Waals surface area (Å²) in [5.41, 5.74) is 2.71. The summed E-state index contributed by atoms with van der Waals surface area (Å²) in [6.07, 6.45) is 1.12. The molecule has 0 unspecified atom stereocenters. The first-order chi connectivity index (χ1) is 11.2. The third-order valence-electron chi connectivity index (χ3n) is 4.29. The Hall–Kier alpha value is -2.33. The smallest absolute Gasteiger partial charge is 0.335 e. The number of hydrogen-bond donors (Lipinski definition) is 1. The van der Waals surface area contributed by atoms with Crippen molar-refractivity contribution in [2.24, 2.45) is 0 Å². The van der Waals surface area contributed by atoms with Crippen molar-refractivity contribution in [3.8, 4) is 0 Å². The number of nitrogens with zero attached hydrogens (tertiary/aromatic N) is 2. The van der Waals surface area contributed by atoms with E-state index in [0.717, 1.165) is 44.7 Å². The first kappa shape index (κ1) is 15.6. The molecule has 0 saturated carbocycles. The highest BCUT2D eigenvalue weighted by Crippen LogP contribution is 2.17. The lowest BCUT2D eigenvalue weighted by atomic mass is 10.1. The van der Waals surface area contributed by atoms with Crippen LogP contribution in [0.5, 0.6) is 0 Å². The van der Waals surface area contributed by atoms with Gasteiger partial charge in [-0.3, -0.25) is 4.90 Å². The van der Waals surface area contributed by atoms with E-state index in [1.807, 2.05) is 18.2 Å². The Kier molecular flexibility index (Phi) is 4.93. The van der Waals surface area contributed by atoms with E-state index in [9.17, 15) is 4.79 Å². The molecule has 1 aliphatic rings. The van der Waals surface area contributed by atoms with Crippen molar-refractivity contribution in [1.29, 1.82) is 0 Å². The summed E-state index contributed by atoms with van der Waals surface area (Å²) in [5, 5.41) is 9.10. The van der Waals surface area contributed by atoms with Gasteiger partial charge in [0, 0.05) is 38.4 Å². The summed E-state index contributed by atoms with van der Waals surface area (Å²) in [6, 6.07) is 17.8. The quantitative estimate of drug-likeness (QED) is 0.942. The summed E-state index contributed by atoms with van der Waals surface area (Å²) in [4.78, 5) is 15.9. The van der Waals surface area contributed by atoms with Crippen LogP contribution in [-0.2, 0) is 6.54 Å². The van der Waals surface area contributed by atoms with Crippen molar-refractivity contribution >= 4 is 11.7 Å². The van der Waals surface area contributed by atoms with Crippen molar-refractivity contribution in [3.63, 3.8) is 0 Å². The topological polar surface area (TPSA) is 43.8 Å². The molecule has 23 heavy (non-hydrogen) atoms. The first-order valence-corrected chi connectivity index (χ1v) is 8.07. The zero-order valence-electron chi connectivity index (χ0n) is 13.2. The molecule has 1 saturated heterocycles. The molecule has 4 nitrogen and oxygen atoms in total. The maximum Gasteiger partial charge on any atom is 0.335 e. The molecule has 4 heteroatoms. The lowest BCUT2D eigenvalue weighted by molar-refractivity contribution is 0.0696. The minimum absolute atomic E-state index is 0.364. The van der Waals surface area contributed by atoms with Crippen LogP contribution < -0.4 is 4.90 Å².